The van der Waals surface area contributed by atoms with Crippen molar-refractivity contribution in [2.45, 2.75) is 45.4 Å². The quantitative estimate of drug-likeness (QED) is 0.805. The van der Waals surface area contributed by atoms with Crippen LogP contribution >= 0.6 is 7.28 Å². The predicted octanol–water partition coefficient (Wildman–Crippen LogP) is 2.50. The van der Waals surface area contributed by atoms with Crippen molar-refractivity contribution in [1.29, 1.82) is 0 Å². The van der Waals surface area contributed by atoms with Gasteiger partial charge in [0.05, 0.1) is 0 Å². The Bertz CT molecular complexity index is 277. The number of nitrogens with zero attached hydrogens (tertiary/aromatic N) is 3. The molecule has 3 heterocycles. The Balaban J connectivity index is 1.99. The first-order valence-electron chi connectivity index (χ1n) is 8.22. The van der Waals surface area contributed by atoms with Crippen molar-refractivity contribution >= 4 is 7.28 Å². The zero-order valence-corrected chi connectivity index (χ0v) is 13.3. The fraction of sp³-hybridized carbons (Fsp3) is 1.00. The first kappa shape index (κ1) is 14.2. The van der Waals surface area contributed by atoms with E-state index in [9.17, 15) is 4.89 Å². The molecular weight excluding hydrogens is 257 g/mol. The summed E-state index contributed by atoms with van der Waals surface area (Å²) in [5.74, 6) is 0. The van der Waals surface area contributed by atoms with E-state index in [-0.39, 0.29) is 0 Å². The Labute approximate surface area is 117 Å². The molecule has 3 saturated heterocycles. The van der Waals surface area contributed by atoms with Crippen molar-refractivity contribution in [2.24, 2.45) is 0 Å². The first-order chi connectivity index (χ1) is 9.19. The van der Waals surface area contributed by atoms with E-state index in [0.717, 1.165) is 45.4 Å². The molecule has 0 bridgehead atoms. The van der Waals surface area contributed by atoms with Crippen LogP contribution in [-0.4, -0.2) is 64.3 Å². The van der Waals surface area contributed by atoms with Crippen LogP contribution in [0.15, 0.2) is 0 Å². The van der Waals surface area contributed by atoms with Gasteiger partial charge in [0.2, 0.25) is 0 Å². The molecule has 0 spiro atoms. The molecule has 0 amide bonds. The fourth-order valence-corrected chi connectivity index (χ4v) is 10.0. The van der Waals surface area contributed by atoms with Gasteiger partial charge in [-0.3, -0.25) is 0 Å². The first-order valence-corrected chi connectivity index (χ1v) is 10.5. The average Bonchev–Trinajstić information content (AvgIpc) is 3.21. The van der Waals surface area contributed by atoms with Crippen molar-refractivity contribution in [1.82, 2.24) is 14.0 Å². The van der Waals surface area contributed by atoms with Crippen LogP contribution < -0.4 is 0 Å². The molecule has 0 aliphatic carbocycles. The summed E-state index contributed by atoms with van der Waals surface area (Å²) in [6.07, 6.45) is 8.51. The second kappa shape index (κ2) is 5.23. The summed E-state index contributed by atoms with van der Waals surface area (Å²) in [5, 5.41) is 0. The van der Waals surface area contributed by atoms with Gasteiger partial charge >= 0.3 is 117 Å². The second-order valence-corrected chi connectivity index (χ2v) is 10.9. The van der Waals surface area contributed by atoms with E-state index in [1.807, 2.05) is 0 Å². The Morgan fingerprint density at radius 1 is 0.684 bits per heavy atom. The van der Waals surface area contributed by atoms with E-state index in [1.165, 1.54) is 38.5 Å². The zero-order valence-electron chi connectivity index (χ0n) is 12.4. The van der Waals surface area contributed by atoms with Crippen molar-refractivity contribution in [3.63, 3.8) is 0 Å². The zero-order chi connectivity index (χ0) is 13.4. The Hall–Kier alpha value is 0.270. The molecule has 3 rings (SSSR count). The summed E-state index contributed by atoms with van der Waals surface area (Å²) in [6, 6.07) is 0. The number of hydrogen-bond donors (Lipinski definition) is 1. The summed E-state index contributed by atoms with van der Waals surface area (Å²) in [5.41, 5.74) is 0. The van der Waals surface area contributed by atoms with Gasteiger partial charge in [0.15, 0.2) is 0 Å². The topological polar surface area (TPSA) is 30.0 Å². The van der Waals surface area contributed by atoms with Crippen LogP contribution in [-0.2, 0) is 0 Å². The molecule has 0 radical (unpaired) electrons. The molecule has 112 valence electrons. The van der Waals surface area contributed by atoms with Crippen LogP contribution in [0.4, 0.5) is 0 Å². The van der Waals surface area contributed by atoms with Gasteiger partial charge in [-0.15, -0.1) is 0 Å². The van der Waals surface area contributed by atoms with Gasteiger partial charge in [-0.1, -0.05) is 0 Å². The molecule has 0 saturated carbocycles. The predicted molar refractivity (Wildman–Crippen MR) is 82.1 cm³/mol. The van der Waals surface area contributed by atoms with E-state index in [4.69, 9.17) is 0 Å². The van der Waals surface area contributed by atoms with Crippen molar-refractivity contribution in [3.05, 3.63) is 0 Å². The molecule has 0 aromatic rings. The van der Waals surface area contributed by atoms with Gasteiger partial charge in [0.25, 0.3) is 0 Å². The molecular formula is C14H30N3OP. The maximum atomic E-state index is 12.2. The molecule has 0 unspecified atom stereocenters. The molecule has 1 N–H and O–H groups in total. The third-order valence-corrected chi connectivity index (χ3v) is 11.4. The van der Waals surface area contributed by atoms with E-state index < -0.39 is 7.28 Å². The maximum absolute atomic E-state index is 12.2. The van der Waals surface area contributed by atoms with E-state index in [2.05, 4.69) is 20.9 Å². The van der Waals surface area contributed by atoms with E-state index in [1.54, 1.807) is 0 Å². The summed E-state index contributed by atoms with van der Waals surface area (Å²) in [7, 11) is -2.97. The molecule has 0 aromatic carbocycles. The van der Waals surface area contributed by atoms with E-state index in [0.29, 0.717) is 0 Å². The van der Waals surface area contributed by atoms with Crippen molar-refractivity contribution in [2.75, 3.05) is 45.4 Å². The number of hydrogen-bond acceptors (Lipinski definition) is 4. The Morgan fingerprint density at radius 2 is 0.947 bits per heavy atom. The third kappa shape index (κ3) is 1.99. The minimum atomic E-state index is -2.97. The second-order valence-electron chi connectivity index (χ2n) is 6.40. The average molecular weight is 287 g/mol. The van der Waals surface area contributed by atoms with Gasteiger partial charge in [-0.2, -0.15) is 0 Å². The fourth-order valence-electron chi connectivity index (χ4n) is 4.47. The van der Waals surface area contributed by atoms with Gasteiger partial charge in [0, 0.05) is 0 Å². The molecule has 5 heteroatoms. The Morgan fingerprint density at radius 3 is 1.16 bits per heavy atom. The van der Waals surface area contributed by atoms with Crippen LogP contribution in [0.2, 0.25) is 0 Å². The Kier molecular flexibility index (Phi) is 3.92. The monoisotopic (exact) mass is 287 g/mol. The third-order valence-electron chi connectivity index (χ3n) is 5.55. The molecule has 3 aliphatic heterocycles. The molecule has 3 aliphatic rings. The molecule has 4 nitrogen and oxygen atoms in total. The van der Waals surface area contributed by atoms with Crippen LogP contribution in [0.25, 0.3) is 0 Å². The summed E-state index contributed by atoms with van der Waals surface area (Å²) >= 11 is 0. The normalized spacial score (nSPS) is 29.9. The van der Waals surface area contributed by atoms with Crippen LogP contribution in [0.5, 0.6) is 0 Å². The summed E-state index contributed by atoms with van der Waals surface area (Å²) < 4.78 is 7.55. The van der Waals surface area contributed by atoms with Crippen molar-refractivity contribution in [3.8, 4) is 0 Å². The van der Waals surface area contributed by atoms with Gasteiger partial charge < -0.3 is 0 Å². The molecule has 0 atom stereocenters. The summed E-state index contributed by atoms with van der Waals surface area (Å²) in [4.78, 5) is 12.2. The molecule has 19 heavy (non-hydrogen) atoms. The van der Waals surface area contributed by atoms with Crippen LogP contribution in [0.3, 0.4) is 0 Å². The van der Waals surface area contributed by atoms with Gasteiger partial charge in [-0.05, 0) is 0 Å². The number of rotatable bonds is 4. The van der Waals surface area contributed by atoms with Crippen LogP contribution in [0, 0.1) is 0 Å². The van der Waals surface area contributed by atoms with Gasteiger partial charge in [-0.25, -0.2) is 0 Å². The summed E-state index contributed by atoms with van der Waals surface area (Å²) in [6.45, 7) is 8.87. The SMILES string of the molecule is CCP(O)(N1CCCC1)(N1CCCC1)N1CCCC1. The molecule has 0 aromatic heterocycles. The standard InChI is InChI=1S/C14H30N3OP/c1-2-19(18,15-9-3-4-10-15,16-11-5-6-12-16)17-13-7-8-14-17/h18H,2-14H2,1H3. The van der Waals surface area contributed by atoms with E-state index >= 15 is 0 Å². The van der Waals surface area contributed by atoms with Gasteiger partial charge in [0.1, 0.15) is 0 Å². The minimum absolute atomic E-state index is 0.922. The van der Waals surface area contributed by atoms with Crippen LogP contribution in [0.1, 0.15) is 45.4 Å². The molecule has 3 fully saturated rings. The van der Waals surface area contributed by atoms with Crippen molar-refractivity contribution < 1.29 is 4.89 Å².